The number of nitrogens with two attached hydrogens (primary N) is 4. The van der Waals surface area contributed by atoms with Crippen LogP contribution >= 0.6 is 0 Å². The van der Waals surface area contributed by atoms with Gasteiger partial charge in [0, 0.05) is 5.57 Å². The zero-order valence-corrected chi connectivity index (χ0v) is 19.7. The molecule has 8 bridgehead atoms. The Hall–Kier alpha value is -5.78. The molecule has 12 nitrogen and oxygen atoms in total. The van der Waals surface area contributed by atoms with E-state index in [0.29, 0.717) is 67.5 Å². The van der Waals surface area contributed by atoms with Crippen LogP contribution < -0.4 is 22.9 Å². The van der Waals surface area contributed by atoms with Gasteiger partial charge in [-0.25, -0.2) is 19.6 Å². The summed E-state index contributed by atoms with van der Waals surface area (Å²) in [5.74, 6) is -3.13. The van der Waals surface area contributed by atoms with Gasteiger partial charge >= 0.3 is 11.9 Å². The van der Waals surface area contributed by atoms with Crippen molar-refractivity contribution < 1.29 is 19.8 Å². The van der Waals surface area contributed by atoms with Gasteiger partial charge in [-0.05, 0) is 48.6 Å². The van der Waals surface area contributed by atoms with Crippen molar-refractivity contribution >= 4 is 80.6 Å². The first-order chi connectivity index (χ1) is 18.1. The number of nitrogen functional groups attached to an aromatic ring is 4. The number of carboxylic acids is 2. The zero-order valence-electron chi connectivity index (χ0n) is 19.7. The summed E-state index contributed by atoms with van der Waals surface area (Å²) >= 11 is 0. The lowest BCUT2D eigenvalue weighted by Crippen LogP contribution is -2.10. The number of anilines is 4. The summed E-state index contributed by atoms with van der Waals surface area (Å²) in [6, 6.07) is 7.01. The minimum Gasteiger partial charge on any atom is -0.477 e. The van der Waals surface area contributed by atoms with Gasteiger partial charge < -0.3 is 43.1 Å². The van der Waals surface area contributed by atoms with Crippen molar-refractivity contribution in [3.8, 4) is 0 Å². The first kappa shape index (κ1) is 23.9. The molecule has 12 N–H and O–H groups in total. The van der Waals surface area contributed by atoms with Gasteiger partial charge in [-0.3, -0.25) is 0 Å². The molecule has 0 amide bonds. The second-order valence-corrected chi connectivity index (χ2v) is 8.44. The fraction of sp³-hybridized carbons (Fsp3) is 0. The largest absolute Gasteiger partial charge is 0.477 e. The van der Waals surface area contributed by atoms with E-state index in [2.05, 4.69) is 19.9 Å². The molecular formula is C26H22N8O4. The Bertz CT molecular complexity index is 1810. The molecule has 5 rings (SSSR count). The van der Waals surface area contributed by atoms with Crippen molar-refractivity contribution in [2.24, 2.45) is 0 Å². The number of fused-ring (bicyclic) bond motifs is 8. The molecule has 5 heterocycles. The number of aliphatic carboxylic acids is 2. The number of nitrogens with one attached hydrogen (secondary N) is 2. The number of hydrogen-bond donors (Lipinski definition) is 8. The molecule has 2 aliphatic heterocycles. The maximum absolute atomic E-state index is 11.2. The van der Waals surface area contributed by atoms with E-state index in [9.17, 15) is 9.59 Å². The average Bonchev–Trinajstić information content (AvgIpc) is 3.69. The molecule has 0 unspecified atom stereocenters. The topological polar surface area (TPSA) is 236 Å². The molecule has 12 heteroatoms. The highest BCUT2D eigenvalue weighted by molar-refractivity contribution is 6.12. The molecular weight excluding hydrogens is 488 g/mol. The minimum absolute atomic E-state index is 0.261. The quantitative estimate of drug-likeness (QED) is 0.0864. The highest BCUT2D eigenvalue weighted by Gasteiger charge is 2.17. The molecule has 0 aromatic carbocycles. The van der Waals surface area contributed by atoms with E-state index in [1.165, 1.54) is 12.2 Å². The Labute approximate surface area is 214 Å². The van der Waals surface area contributed by atoms with Crippen LogP contribution in [0.3, 0.4) is 0 Å². The Morgan fingerprint density at radius 2 is 1.18 bits per heavy atom. The number of rotatable bonds is 4. The van der Waals surface area contributed by atoms with Gasteiger partial charge in [0.25, 0.3) is 0 Å². The second kappa shape index (κ2) is 9.02. The monoisotopic (exact) mass is 510 g/mol. The smallest absolute Gasteiger partial charge is 0.343 e. The number of carboxylic acid groups (broad SMARTS) is 2. The Morgan fingerprint density at radius 3 is 1.68 bits per heavy atom. The summed E-state index contributed by atoms with van der Waals surface area (Å²) < 4.78 is 0. The van der Waals surface area contributed by atoms with Crippen molar-refractivity contribution in [3.05, 3.63) is 70.8 Å². The summed E-state index contributed by atoms with van der Waals surface area (Å²) in [6.07, 6.45) is 8.95. The van der Waals surface area contributed by atoms with Crippen molar-refractivity contribution in [1.29, 1.82) is 0 Å². The highest BCUT2D eigenvalue weighted by atomic mass is 16.4. The van der Waals surface area contributed by atoms with Gasteiger partial charge in [0.05, 0.1) is 67.6 Å². The molecule has 3 aromatic rings. The molecule has 0 spiro atoms. The van der Waals surface area contributed by atoms with Gasteiger partial charge in [0.1, 0.15) is 5.57 Å². The molecule has 0 saturated heterocycles. The lowest BCUT2D eigenvalue weighted by Gasteiger charge is -2.00. The van der Waals surface area contributed by atoms with E-state index in [0.717, 1.165) is 6.08 Å². The SMILES string of the molecule is Nc1c2nc(c(N)c3ccc([nH]3)c(N)c3nc(c(N)c4ccc1[nH]4)C=C3/C=C/C=C(C(=O)O)C(=O)O)C=C2. The molecule has 0 radical (unpaired) electrons. The first-order valence-electron chi connectivity index (χ1n) is 11.2. The Kier molecular flexibility index (Phi) is 5.68. The molecule has 38 heavy (non-hydrogen) atoms. The van der Waals surface area contributed by atoms with Gasteiger partial charge in [-0.2, -0.15) is 0 Å². The van der Waals surface area contributed by atoms with E-state index in [4.69, 9.17) is 33.1 Å². The summed E-state index contributed by atoms with van der Waals surface area (Å²) in [5.41, 5.74) is 30.7. The predicted molar refractivity (Wildman–Crippen MR) is 148 cm³/mol. The third-order valence-corrected chi connectivity index (χ3v) is 6.05. The molecule has 0 atom stereocenters. The van der Waals surface area contributed by atoms with Gasteiger partial charge in [-0.1, -0.05) is 12.2 Å². The molecule has 190 valence electrons. The van der Waals surface area contributed by atoms with E-state index >= 15 is 0 Å². The van der Waals surface area contributed by atoms with E-state index in [1.807, 2.05) is 0 Å². The van der Waals surface area contributed by atoms with Crippen LogP contribution in [0, 0.1) is 0 Å². The number of H-pyrrole nitrogens is 2. The summed E-state index contributed by atoms with van der Waals surface area (Å²) in [4.78, 5) is 37.9. The molecule has 0 aliphatic carbocycles. The first-order valence-corrected chi connectivity index (χ1v) is 11.2. The van der Waals surface area contributed by atoms with Crippen molar-refractivity contribution in [3.63, 3.8) is 0 Å². The standard InChI is InChI=1S/C26H22N8O4/c27-20-13-4-5-14(31-13)21(28)16-8-9-18(33-16)23(30)24-11(2-1-3-12(25(35)36)26(37)38)10-19(34-24)22(29)17-7-6-15(20)32-17/h1-10,32-33H,27-30H2,(H,35,36)(H,37,38)/b2-1+,20-13?,20-15?,21-14?,21-16?,22-17?,22-19?,23-18?,24-23?. The number of nitrogens with zero attached hydrogens (tertiary/aromatic N) is 2. The van der Waals surface area contributed by atoms with Gasteiger partial charge in [0.2, 0.25) is 0 Å². The highest BCUT2D eigenvalue weighted by Crippen LogP contribution is 2.33. The van der Waals surface area contributed by atoms with Crippen LogP contribution in [-0.2, 0) is 9.59 Å². The van der Waals surface area contributed by atoms with E-state index in [-0.39, 0.29) is 5.69 Å². The third-order valence-electron chi connectivity index (χ3n) is 6.05. The predicted octanol–water partition coefficient (Wildman–Crippen LogP) is 3.01. The maximum atomic E-state index is 11.2. The number of aromatic amines is 2. The van der Waals surface area contributed by atoms with Crippen LogP contribution in [0.5, 0.6) is 0 Å². The fourth-order valence-electron chi connectivity index (χ4n) is 4.02. The van der Waals surface area contributed by atoms with E-state index < -0.39 is 17.5 Å². The van der Waals surface area contributed by atoms with Crippen LogP contribution in [0.4, 0.5) is 22.7 Å². The summed E-state index contributed by atoms with van der Waals surface area (Å²) in [6.45, 7) is 0. The number of allylic oxidation sites excluding steroid dienone is 4. The van der Waals surface area contributed by atoms with Gasteiger partial charge in [-0.15, -0.1) is 0 Å². The van der Waals surface area contributed by atoms with Crippen LogP contribution in [0.15, 0.2) is 48.1 Å². The van der Waals surface area contributed by atoms with Crippen LogP contribution in [-0.4, -0.2) is 42.1 Å². The fourth-order valence-corrected chi connectivity index (χ4v) is 4.02. The Balaban J connectivity index is 1.81. The lowest BCUT2D eigenvalue weighted by atomic mass is 10.1. The minimum atomic E-state index is -1.57. The van der Waals surface area contributed by atoms with Crippen LogP contribution in [0.2, 0.25) is 0 Å². The number of carbonyl (C=O) groups is 2. The van der Waals surface area contributed by atoms with Crippen LogP contribution in [0.25, 0.3) is 45.9 Å². The van der Waals surface area contributed by atoms with Crippen molar-refractivity contribution in [2.45, 2.75) is 0 Å². The second-order valence-electron chi connectivity index (χ2n) is 8.44. The zero-order chi connectivity index (χ0) is 27.1. The maximum Gasteiger partial charge on any atom is 0.343 e. The summed E-state index contributed by atoms with van der Waals surface area (Å²) in [5, 5.41) is 18.2. The number of hydrogen-bond acceptors (Lipinski definition) is 8. The molecule has 2 aliphatic rings. The molecule has 0 saturated carbocycles. The average molecular weight is 511 g/mol. The number of aromatic nitrogens is 4. The lowest BCUT2D eigenvalue weighted by molar-refractivity contribution is -0.140. The normalized spacial score (nSPS) is 12.5. The third kappa shape index (κ3) is 4.11. The van der Waals surface area contributed by atoms with E-state index in [1.54, 1.807) is 42.5 Å². The van der Waals surface area contributed by atoms with Crippen molar-refractivity contribution in [1.82, 2.24) is 19.9 Å². The van der Waals surface area contributed by atoms with Crippen molar-refractivity contribution in [2.75, 3.05) is 22.9 Å². The molecule has 0 fully saturated rings. The summed E-state index contributed by atoms with van der Waals surface area (Å²) in [7, 11) is 0. The Morgan fingerprint density at radius 1 is 0.711 bits per heavy atom. The molecule has 3 aromatic heterocycles. The van der Waals surface area contributed by atoms with Gasteiger partial charge in [0.15, 0.2) is 0 Å². The van der Waals surface area contributed by atoms with Crippen LogP contribution in [0.1, 0.15) is 22.8 Å².